The largest absolute Gasteiger partial charge is 0.263 e. The first-order valence-corrected chi connectivity index (χ1v) is 4.90. The molecule has 0 saturated carbocycles. The molecular weight excluding hydrogens is 182 g/mol. The van der Waals surface area contributed by atoms with Crippen molar-refractivity contribution in [3.63, 3.8) is 0 Å². The van der Waals surface area contributed by atoms with Crippen LogP contribution in [0.5, 0.6) is 0 Å². The van der Waals surface area contributed by atoms with Crippen LogP contribution in [0.1, 0.15) is 44.2 Å². The van der Waals surface area contributed by atoms with Crippen LogP contribution in [0.2, 0.25) is 0 Å². The van der Waals surface area contributed by atoms with Gasteiger partial charge in [0.05, 0.1) is 0 Å². The van der Waals surface area contributed by atoms with Gasteiger partial charge in [-0.2, -0.15) is 0 Å². The summed E-state index contributed by atoms with van der Waals surface area (Å²) in [4.78, 5) is 0. The lowest BCUT2D eigenvalue weighted by Gasteiger charge is -2.16. The summed E-state index contributed by atoms with van der Waals surface area (Å²) in [7, 11) is 0. The van der Waals surface area contributed by atoms with Gasteiger partial charge in [0.1, 0.15) is 0 Å². The van der Waals surface area contributed by atoms with Crippen molar-refractivity contribution in [3.8, 4) is 0 Å². The summed E-state index contributed by atoms with van der Waals surface area (Å²) in [6.07, 6.45) is -2.36. The number of rotatable bonds is 3. The molecule has 14 heavy (non-hydrogen) atoms. The number of benzene rings is 1. The molecule has 2 heteroatoms. The van der Waals surface area contributed by atoms with Crippen molar-refractivity contribution < 1.29 is 8.78 Å². The third-order valence-corrected chi connectivity index (χ3v) is 2.71. The second kappa shape index (κ2) is 4.54. The summed E-state index contributed by atoms with van der Waals surface area (Å²) in [6.45, 7) is 6.37. The highest BCUT2D eigenvalue weighted by Gasteiger charge is 2.11. The van der Waals surface area contributed by atoms with E-state index in [1.165, 1.54) is 12.1 Å². The zero-order valence-electron chi connectivity index (χ0n) is 8.80. The molecule has 1 rings (SSSR count). The second-order valence-electron chi connectivity index (χ2n) is 4.00. The first-order chi connectivity index (χ1) is 6.52. The van der Waals surface area contributed by atoms with Crippen LogP contribution in [-0.2, 0) is 0 Å². The van der Waals surface area contributed by atoms with Crippen molar-refractivity contribution in [3.05, 3.63) is 35.4 Å². The molecule has 78 valence electrons. The van der Waals surface area contributed by atoms with E-state index in [1.54, 1.807) is 12.1 Å². The van der Waals surface area contributed by atoms with Gasteiger partial charge < -0.3 is 0 Å². The van der Waals surface area contributed by atoms with Crippen molar-refractivity contribution in [2.75, 3.05) is 0 Å². The van der Waals surface area contributed by atoms with Gasteiger partial charge in [0, 0.05) is 5.56 Å². The molecule has 0 bridgehead atoms. The molecule has 0 heterocycles. The number of halogens is 2. The number of hydrogen-bond donors (Lipinski definition) is 0. The van der Waals surface area contributed by atoms with Gasteiger partial charge in [0.25, 0.3) is 6.43 Å². The van der Waals surface area contributed by atoms with E-state index in [0.717, 1.165) is 5.56 Å². The van der Waals surface area contributed by atoms with Crippen LogP contribution in [0.25, 0.3) is 0 Å². The zero-order valence-corrected chi connectivity index (χ0v) is 8.80. The normalized spacial score (nSPS) is 13.6. The van der Waals surface area contributed by atoms with E-state index < -0.39 is 6.43 Å². The molecule has 0 fully saturated rings. The standard InChI is InChI=1S/C12H16F2/c1-8(2)9(3)10-4-6-11(7-5-10)12(13)14/h4-9,12H,1-3H3. The van der Waals surface area contributed by atoms with E-state index in [4.69, 9.17) is 0 Å². The van der Waals surface area contributed by atoms with E-state index in [-0.39, 0.29) is 5.56 Å². The van der Waals surface area contributed by atoms with Crippen molar-refractivity contribution >= 4 is 0 Å². The smallest absolute Gasteiger partial charge is 0.205 e. The van der Waals surface area contributed by atoms with Gasteiger partial charge in [-0.05, 0) is 17.4 Å². The van der Waals surface area contributed by atoms with Crippen molar-refractivity contribution in [2.45, 2.75) is 33.1 Å². The van der Waals surface area contributed by atoms with Crippen molar-refractivity contribution in [1.29, 1.82) is 0 Å². The highest BCUT2D eigenvalue weighted by Crippen LogP contribution is 2.26. The zero-order chi connectivity index (χ0) is 10.7. The van der Waals surface area contributed by atoms with Gasteiger partial charge in [-0.3, -0.25) is 0 Å². The van der Waals surface area contributed by atoms with Gasteiger partial charge in [0.15, 0.2) is 0 Å². The van der Waals surface area contributed by atoms with E-state index >= 15 is 0 Å². The Morgan fingerprint density at radius 3 is 1.64 bits per heavy atom. The average molecular weight is 198 g/mol. The summed E-state index contributed by atoms with van der Waals surface area (Å²) in [5.41, 5.74) is 1.23. The fourth-order valence-corrected chi connectivity index (χ4v) is 1.33. The molecule has 0 aliphatic heterocycles. The SMILES string of the molecule is CC(C)C(C)c1ccc(C(F)F)cc1. The fourth-order valence-electron chi connectivity index (χ4n) is 1.33. The highest BCUT2D eigenvalue weighted by atomic mass is 19.3. The molecule has 0 aliphatic carbocycles. The van der Waals surface area contributed by atoms with E-state index in [9.17, 15) is 8.78 Å². The number of hydrogen-bond acceptors (Lipinski definition) is 0. The monoisotopic (exact) mass is 198 g/mol. The van der Waals surface area contributed by atoms with Crippen molar-refractivity contribution in [1.82, 2.24) is 0 Å². The molecule has 0 radical (unpaired) electrons. The molecule has 1 aromatic rings. The van der Waals surface area contributed by atoms with Crippen LogP contribution in [0, 0.1) is 5.92 Å². The molecule has 1 aromatic carbocycles. The Balaban J connectivity index is 2.83. The Labute approximate surface area is 84.0 Å². The van der Waals surface area contributed by atoms with Crippen molar-refractivity contribution in [2.24, 2.45) is 5.92 Å². The predicted molar refractivity (Wildman–Crippen MR) is 54.7 cm³/mol. The van der Waals surface area contributed by atoms with Crippen LogP contribution in [-0.4, -0.2) is 0 Å². The van der Waals surface area contributed by atoms with Gasteiger partial charge in [0.2, 0.25) is 0 Å². The first kappa shape index (κ1) is 11.2. The predicted octanol–water partition coefficient (Wildman–Crippen LogP) is 4.38. The van der Waals surface area contributed by atoms with Crippen LogP contribution >= 0.6 is 0 Å². The lowest BCUT2D eigenvalue weighted by atomic mass is 9.90. The lowest BCUT2D eigenvalue weighted by molar-refractivity contribution is 0.151. The van der Waals surface area contributed by atoms with E-state index in [0.29, 0.717) is 11.8 Å². The maximum absolute atomic E-state index is 12.3. The first-order valence-electron chi connectivity index (χ1n) is 4.90. The molecule has 1 atom stereocenters. The molecule has 0 saturated heterocycles. The quantitative estimate of drug-likeness (QED) is 0.676. The Bertz CT molecular complexity index is 275. The third-order valence-electron chi connectivity index (χ3n) is 2.71. The second-order valence-corrected chi connectivity index (χ2v) is 4.00. The molecule has 0 N–H and O–H groups in total. The minimum absolute atomic E-state index is 0.102. The molecule has 0 spiro atoms. The van der Waals surface area contributed by atoms with Crippen LogP contribution in [0.3, 0.4) is 0 Å². The molecular formula is C12H16F2. The maximum atomic E-state index is 12.3. The molecule has 0 nitrogen and oxygen atoms in total. The average Bonchev–Trinajstić information content (AvgIpc) is 2.16. The van der Waals surface area contributed by atoms with Crippen LogP contribution < -0.4 is 0 Å². The fraction of sp³-hybridized carbons (Fsp3) is 0.500. The summed E-state index contributed by atoms with van der Waals surface area (Å²) in [5, 5.41) is 0. The van der Waals surface area contributed by atoms with Crippen LogP contribution in [0.15, 0.2) is 24.3 Å². The molecule has 0 amide bonds. The summed E-state index contributed by atoms with van der Waals surface area (Å²) in [6, 6.07) is 6.62. The Kier molecular flexibility index (Phi) is 3.62. The van der Waals surface area contributed by atoms with E-state index in [1.807, 2.05) is 0 Å². The minimum Gasteiger partial charge on any atom is -0.205 e. The highest BCUT2D eigenvalue weighted by molar-refractivity contribution is 5.25. The molecule has 0 aliphatic rings. The summed E-state index contributed by atoms with van der Waals surface area (Å²) < 4.78 is 24.5. The minimum atomic E-state index is -2.36. The topological polar surface area (TPSA) is 0 Å². The summed E-state index contributed by atoms with van der Waals surface area (Å²) >= 11 is 0. The molecule has 0 aromatic heterocycles. The Morgan fingerprint density at radius 2 is 1.29 bits per heavy atom. The summed E-state index contributed by atoms with van der Waals surface area (Å²) in [5.74, 6) is 0.953. The maximum Gasteiger partial charge on any atom is 0.263 e. The van der Waals surface area contributed by atoms with Gasteiger partial charge >= 0.3 is 0 Å². The lowest BCUT2D eigenvalue weighted by Crippen LogP contribution is -2.01. The third kappa shape index (κ3) is 2.53. The Hall–Kier alpha value is -0.920. The van der Waals surface area contributed by atoms with E-state index in [2.05, 4.69) is 20.8 Å². The van der Waals surface area contributed by atoms with Gasteiger partial charge in [-0.25, -0.2) is 8.78 Å². The number of alkyl halides is 2. The Morgan fingerprint density at radius 1 is 0.857 bits per heavy atom. The van der Waals surface area contributed by atoms with Gasteiger partial charge in [-0.1, -0.05) is 45.0 Å². The van der Waals surface area contributed by atoms with Gasteiger partial charge in [-0.15, -0.1) is 0 Å². The molecule has 1 unspecified atom stereocenters. The van der Waals surface area contributed by atoms with Crippen LogP contribution in [0.4, 0.5) is 8.78 Å².